The number of hydrogen-bond acceptors (Lipinski definition) is 7. The van der Waals surface area contributed by atoms with E-state index in [4.69, 9.17) is 22.4 Å². The molecule has 41 heavy (non-hydrogen) atoms. The number of carbonyl (C=O) groups excluding carboxylic acids is 2. The van der Waals surface area contributed by atoms with Crippen LogP contribution in [-0.2, 0) is 17.7 Å². The standard InChI is InChI=1S/C30H48N2O7Si2/c1-7-35-40(5,36-8-2)23-11-21-31-29(33)25-13-17-27(18-14-25)39-28-19-15-26(16-20-28)30(34)32-22-12-24-41(6,37-9-3)38-10-4/h13-20H,7-12,21-24H2,1-6H3,(H,31,33)(H,32,34). The third-order valence-corrected chi connectivity index (χ3v) is 12.6. The Kier molecular flexibility index (Phi) is 15.3. The highest BCUT2D eigenvalue weighted by atomic mass is 28.4. The predicted octanol–water partition coefficient (Wildman–Crippen LogP) is 6.01. The van der Waals surface area contributed by atoms with Gasteiger partial charge in [0.05, 0.1) is 0 Å². The number of benzene rings is 2. The summed E-state index contributed by atoms with van der Waals surface area (Å²) in [5.74, 6) is 0.936. The lowest BCUT2D eigenvalue weighted by atomic mass is 10.2. The first-order valence-corrected chi connectivity index (χ1v) is 19.7. The second-order valence-electron chi connectivity index (χ2n) is 9.87. The smallest absolute Gasteiger partial charge is 0.334 e. The first kappa shape index (κ1) is 34.7. The normalized spacial score (nSPS) is 11.8. The van der Waals surface area contributed by atoms with Gasteiger partial charge in [0.15, 0.2) is 0 Å². The number of rotatable bonds is 20. The average molecular weight is 605 g/mol. The lowest BCUT2D eigenvalue weighted by Gasteiger charge is -2.25. The second-order valence-corrected chi connectivity index (χ2v) is 16.6. The molecule has 0 radical (unpaired) electrons. The van der Waals surface area contributed by atoms with Crippen LogP contribution in [0.3, 0.4) is 0 Å². The van der Waals surface area contributed by atoms with Crippen molar-refractivity contribution in [2.45, 2.75) is 65.7 Å². The summed E-state index contributed by atoms with van der Waals surface area (Å²) in [7, 11) is -4.34. The third kappa shape index (κ3) is 12.5. The number of amides is 2. The Labute approximate surface area is 247 Å². The summed E-state index contributed by atoms with van der Waals surface area (Å²) in [6.45, 7) is 15.7. The Morgan fingerprint density at radius 2 is 0.902 bits per heavy atom. The molecule has 0 saturated carbocycles. The molecule has 2 N–H and O–H groups in total. The molecule has 0 aliphatic rings. The summed E-state index contributed by atoms with van der Waals surface area (Å²) in [5.41, 5.74) is 1.12. The molecule has 2 amide bonds. The third-order valence-electron chi connectivity index (χ3n) is 6.45. The minimum Gasteiger partial charge on any atom is -0.457 e. The quantitative estimate of drug-likeness (QED) is 0.141. The van der Waals surface area contributed by atoms with E-state index in [1.165, 1.54) is 0 Å². The molecule has 0 aromatic heterocycles. The van der Waals surface area contributed by atoms with Crippen LogP contribution in [0.15, 0.2) is 48.5 Å². The van der Waals surface area contributed by atoms with Gasteiger partial charge in [0.25, 0.3) is 11.8 Å². The predicted molar refractivity (Wildman–Crippen MR) is 166 cm³/mol. The molecule has 2 aromatic rings. The molecular formula is C30H48N2O7Si2. The summed E-state index contributed by atoms with van der Waals surface area (Å²) < 4.78 is 29.3. The van der Waals surface area contributed by atoms with Gasteiger partial charge in [0, 0.05) is 50.6 Å². The van der Waals surface area contributed by atoms with Crippen LogP contribution in [0, 0.1) is 0 Å². The highest BCUT2D eigenvalue weighted by Gasteiger charge is 2.30. The molecule has 0 spiro atoms. The van der Waals surface area contributed by atoms with E-state index in [-0.39, 0.29) is 11.8 Å². The molecule has 0 unspecified atom stereocenters. The lowest BCUT2D eigenvalue weighted by Crippen LogP contribution is -2.39. The van der Waals surface area contributed by atoms with Crippen LogP contribution in [0.1, 0.15) is 61.3 Å². The zero-order valence-corrected chi connectivity index (χ0v) is 27.5. The van der Waals surface area contributed by atoms with Crippen molar-refractivity contribution in [1.82, 2.24) is 10.6 Å². The van der Waals surface area contributed by atoms with Crippen molar-refractivity contribution in [2.75, 3.05) is 39.5 Å². The summed E-state index contributed by atoms with van der Waals surface area (Å²) in [6, 6.07) is 15.6. The van der Waals surface area contributed by atoms with Gasteiger partial charge in [-0.3, -0.25) is 9.59 Å². The van der Waals surface area contributed by atoms with E-state index in [2.05, 4.69) is 23.7 Å². The molecule has 9 nitrogen and oxygen atoms in total. The monoisotopic (exact) mass is 604 g/mol. The Morgan fingerprint density at radius 3 is 1.20 bits per heavy atom. The van der Waals surface area contributed by atoms with Crippen molar-refractivity contribution in [3.8, 4) is 11.5 Å². The van der Waals surface area contributed by atoms with E-state index in [9.17, 15) is 9.59 Å². The van der Waals surface area contributed by atoms with E-state index >= 15 is 0 Å². The van der Waals surface area contributed by atoms with Gasteiger partial charge in [-0.05, 0) is 114 Å². The molecule has 2 aromatic carbocycles. The molecule has 11 heteroatoms. The van der Waals surface area contributed by atoms with Gasteiger partial charge in [0.2, 0.25) is 0 Å². The highest BCUT2D eigenvalue weighted by Crippen LogP contribution is 2.22. The highest BCUT2D eigenvalue weighted by molar-refractivity contribution is 6.66. The van der Waals surface area contributed by atoms with Crippen molar-refractivity contribution in [3.05, 3.63) is 59.7 Å². The Hall–Kier alpha value is -2.55. The van der Waals surface area contributed by atoms with Gasteiger partial charge in [-0.1, -0.05) is 0 Å². The Balaban J connectivity index is 1.78. The first-order chi connectivity index (χ1) is 19.7. The van der Waals surface area contributed by atoms with Crippen LogP contribution in [-0.4, -0.2) is 68.5 Å². The number of hydrogen-bond donors (Lipinski definition) is 2. The molecular weight excluding hydrogens is 557 g/mol. The summed E-state index contributed by atoms with van der Waals surface area (Å²) in [4.78, 5) is 25.1. The zero-order chi connectivity index (χ0) is 30.1. The van der Waals surface area contributed by atoms with Crippen molar-refractivity contribution >= 4 is 28.9 Å². The molecule has 0 bridgehead atoms. The molecule has 0 heterocycles. The van der Waals surface area contributed by atoms with Crippen molar-refractivity contribution in [1.29, 1.82) is 0 Å². The van der Waals surface area contributed by atoms with Crippen LogP contribution < -0.4 is 15.4 Å². The largest absolute Gasteiger partial charge is 0.457 e. The van der Waals surface area contributed by atoms with Gasteiger partial charge in [0.1, 0.15) is 11.5 Å². The number of carbonyl (C=O) groups is 2. The maximum absolute atomic E-state index is 12.5. The van der Waals surface area contributed by atoms with Crippen molar-refractivity contribution in [2.24, 2.45) is 0 Å². The summed E-state index contributed by atoms with van der Waals surface area (Å²) in [6.07, 6.45) is 1.60. The molecule has 0 aliphatic carbocycles. The van der Waals surface area contributed by atoms with E-state index in [1.54, 1.807) is 48.5 Å². The minimum absolute atomic E-state index is 0.133. The number of nitrogens with one attached hydrogen (secondary N) is 2. The van der Waals surface area contributed by atoms with Crippen LogP contribution in [0.4, 0.5) is 0 Å². The fourth-order valence-electron chi connectivity index (χ4n) is 4.51. The van der Waals surface area contributed by atoms with Gasteiger partial charge in [-0.2, -0.15) is 0 Å². The van der Waals surface area contributed by atoms with Crippen molar-refractivity contribution in [3.63, 3.8) is 0 Å². The summed E-state index contributed by atoms with van der Waals surface area (Å²) in [5, 5.41) is 5.92. The van der Waals surface area contributed by atoms with Crippen LogP contribution in [0.2, 0.25) is 25.2 Å². The van der Waals surface area contributed by atoms with Gasteiger partial charge < -0.3 is 33.1 Å². The van der Waals surface area contributed by atoms with E-state index in [1.807, 2.05) is 27.7 Å². The van der Waals surface area contributed by atoms with E-state index in [0.717, 1.165) is 24.9 Å². The van der Waals surface area contributed by atoms with Gasteiger partial charge in [-0.15, -0.1) is 0 Å². The van der Waals surface area contributed by atoms with Crippen molar-refractivity contribution < 1.29 is 32.0 Å². The number of ether oxygens (including phenoxy) is 1. The van der Waals surface area contributed by atoms with Crippen LogP contribution >= 0.6 is 0 Å². The van der Waals surface area contributed by atoms with E-state index in [0.29, 0.717) is 62.1 Å². The van der Waals surface area contributed by atoms with Crippen LogP contribution in [0.25, 0.3) is 0 Å². The summed E-state index contributed by atoms with van der Waals surface area (Å²) >= 11 is 0. The maximum atomic E-state index is 12.5. The molecule has 0 aliphatic heterocycles. The topological polar surface area (TPSA) is 104 Å². The first-order valence-electron chi connectivity index (χ1n) is 14.7. The molecule has 228 valence electrons. The maximum Gasteiger partial charge on any atom is 0.334 e. The van der Waals surface area contributed by atoms with E-state index < -0.39 is 17.1 Å². The Morgan fingerprint density at radius 1 is 0.585 bits per heavy atom. The fraction of sp³-hybridized carbons (Fsp3) is 0.533. The molecule has 0 saturated heterocycles. The fourth-order valence-corrected chi connectivity index (χ4v) is 9.33. The Bertz CT molecular complexity index is 956. The van der Waals surface area contributed by atoms with Crippen LogP contribution in [0.5, 0.6) is 11.5 Å². The van der Waals surface area contributed by atoms with Gasteiger partial charge >= 0.3 is 17.1 Å². The molecule has 0 fully saturated rings. The lowest BCUT2D eigenvalue weighted by molar-refractivity contribution is 0.0945. The van der Waals surface area contributed by atoms with Gasteiger partial charge in [-0.25, -0.2) is 0 Å². The minimum atomic E-state index is -2.17. The average Bonchev–Trinajstić information content (AvgIpc) is 2.94. The second kappa shape index (κ2) is 18.1. The zero-order valence-electron chi connectivity index (χ0n) is 25.5. The molecule has 2 rings (SSSR count). The molecule has 0 atom stereocenters. The SMILES string of the molecule is CCO[Si](C)(CCCNC(=O)c1ccc(Oc2ccc(C(=O)NCCC[Si](C)(OCC)OCC)cc2)cc1)OCC.